The van der Waals surface area contributed by atoms with Gasteiger partial charge in [0.1, 0.15) is 6.61 Å². The topological polar surface area (TPSA) is 83.8 Å². The van der Waals surface area contributed by atoms with E-state index in [9.17, 15) is 19.8 Å². The summed E-state index contributed by atoms with van der Waals surface area (Å²) in [5.41, 5.74) is 0.914. The lowest BCUT2D eigenvalue weighted by Crippen LogP contribution is -2.47. The molecule has 2 aromatic carbocycles. The van der Waals surface area contributed by atoms with Crippen LogP contribution in [0.3, 0.4) is 0 Å². The number of hydrogen-bond acceptors (Lipinski definition) is 5. The van der Waals surface area contributed by atoms with E-state index < -0.39 is 17.5 Å². The maximum atomic E-state index is 11.9. The SMILES string of the molecule is O=C(OC/C=C/c1ccccc1)C(O)(O)C(=O)c1ccccc1. The van der Waals surface area contributed by atoms with Crippen LogP contribution < -0.4 is 0 Å². The molecule has 5 nitrogen and oxygen atoms in total. The molecule has 0 amide bonds. The van der Waals surface area contributed by atoms with Crippen molar-refractivity contribution in [1.29, 1.82) is 0 Å². The van der Waals surface area contributed by atoms with E-state index in [0.29, 0.717) is 0 Å². The minimum atomic E-state index is -3.21. The number of aliphatic hydroxyl groups is 2. The molecule has 0 aliphatic heterocycles. The second-order valence-electron chi connectivity index (χ2n) is 4.78. The molecule has 0 spiro atoms. The Morgan fingerprint density at radius 1 is 0.957 bits per heavy atom. The van der Waals surface area contributed by atoms with Crippen LogP contribution in [-0.4, -0.2) is 34.4 Å². The standard InChI is InChI=1S/C18H16O5/c19-16(15-11-5-2-6-12-15)18(21,22)17(20)23-13-7-10-14-8-3-1-4-9-14/h1-12,21-22H,13H2/b10-7+. The van der Waals surface area contributed by atoms with Crippen LogP contribution in [0, 0.1) is 0 Å². The van der Waals surface area contributed by atoms with Gasteiger partial charge in [0.15, 0.2) is 0 Å². The second-order valence-corrected chi connectivity index (χ2v) is 4.78. The van der Waals surface area contributed by atoms with Gasteiger partial charge in [0, 0.05) is 5.56 Å². The Hall–Kier alpha value is -2.76. The predicted molar refractivity (Wildman–Crippen MR) is 84.4 cm³/mol. The summed E-state index contributed by atoms with van der Waals surface area (Å²) in [5.74, 6) is -5.75. The van der Waals surface area contributed by atoms with E-state index in [1.807, 2.05) is 30.3 Å². The highest BCUT2D eigenvalue weighted by molar-refractivity contribution is 6.13. The van der Waals surface area contributed by atoms with E-state index >= 15 is 0 Å². The molecular formula is C18H16O5. The molecule has 0 radical (unpaired) electrons. The minimum Gasteiger partial charge on any atom is -0.457 e. The zero-order valence-electron chi connectivity index (χ0n) is 12.3. The molecule has 0 aromatic heterocycles. The van der Waals surface area contributed by atoms with Gasteiger partial charge in [0.05, 0.1) is 0 Å². The van der Waals surface area contributed by atoms with Crippen molar-refractivity contribution in [1.82, 2.24) is 0 Å². The monoisotopic (exact) mass is 312 g/mol. The van der Waals surface area contributed by atoms with Crippen LogP contribution in [0.25, 0.3) is 6.08 Å². The van der Waals surface area contributed by atoms with Crippen molar-refractivity contribution in [2.75, 3.05) is 6.61 Å². The number of benzene rings is 2. The number of rotatable bonds is 6. The van der Waals surface area contributed by atoms with E-state index in [1.165, 1.54) is 18.2 Å². The third kappa shape index (κ3) is 4.35. The van der Waals surface area contributed by atoms with Gasteiger partial charge < -0.3 is 14.9 Å². The Labute approximate surface area is 133 Å². The van der Waals surface area contributed by atoms with Crippen LogP contribution in [0.5, 0.6) is 0 Å². The molecule has 0 saturated carbocycles. The Bertz CT molecular complexity index is 690. The van der Waals surface area contributed by atoms with E-state index in [2.05, 4.69) is 0 Å². The first-order valence-corrected chi connectivity index (χ1v) is 6.95. The second kappa shape index (κ2) is 7.49. The number of carbonyl (C=O) groups excluding carboxylic acids is 2. The maximum Gasteiger partial charge on any atom is 0.375 e. The molecule has 2 N–H and O–H groups in total. The number of ether oxygens (including phenoxy) is 1. The first kappa shape index (κ1) is 16.6. The molecular weight excluding hydrogens is 296 g/mol. The van der Waals surface area contributed by atoms with Crippen molar-refractivity contribution in [3.8, 4) is 0 Å². The molecule has 118 valence electrons. The van der Waals surface area contributed by atoms with Crippen LogP contribution in [0.4, 0.5) is 0 Å². The molecule has 0 unspecified atom stereocenters. The van der Waals surface area contributed by atoms with Crippen molar-refractivity contribution in [3.05, 3.63) is 77.9 Å². The van der Waals surface area contributed by atoms with Crippen molar-refractivity contribution in [2.24, 2.45) is 0 Å². The van der Waals surface area contributed by atoms with Gasteiger partial charge in [-0.1, -0.05) is 66.7 Å². The summed E-state index contributed by atoms with van der Waals surface area (Å²) in [6.07, 6.45) is 3.25. The Balaban J connectivity index is 1.94. The van der Waals surface area contributed by atoms with Gasteiger partial charge in [-0.3, -0.25) is 4.79 Å². The lowest BCUT2D eigenvalue weighted by atomic mass is 10.0. The summed E-state index contributed by atoms with van der Waals surface area (Å²) in [4.78, 5) is 23.7. The number of Topliss-reactive ketones (excluding diaryl/α,β-unsaturated/α-hetero) is 1. The number of hydrogen-bond donors (Lipinski definition) is 2. The number of esters is 1. The van der Waals surface area contributed by atoms with Gasteiger partial charge in [0.25, 0.3) is 0 Å². The number of carbonyl (C=O) groups is 2. The van der Waals surface area contributed by atoms with Gasteiger partial charge in [0.2, 0.25) is 5.78 Å². The fourth-order valence-electron chi connectivity index (χ4n) is 1.86. The van der Waals surface area contributed by atoms with E-state index in [4.69, 9.17) is 4.74 Å². The number of ketones is 1. The lowest BCUT2D eigenvalue weighted by Gasteiger charge is -2.17. The predicted octanol–water partition coefficient (Wildman–Crippen LogP) is 1.81. The maximum absolute atomic E-state index is 11.9. The molecule has 0 bridgehead atoms. The zero-order valence-corrected chi connectivity index (χ0v) is 12.3. The summed E-state index contributed by atoms with van der Waals surface area (Å²) in [6, 6.07) is 16.8. The summed E-state index contributed by atoms with van der Waals surface area (Å²) < 4.78 is 4.72. The average Bonchev–Trinajstić information content (AvgIpc) is 2.59. The third-order valence-corrected chi connectivity index (χ3v) is 3.06. The average molecular weight is 312 g/mol. The molecule has 0 fully saturated rings. The van der Waals surface area contributed by atoms with Gasteiger partial charge in [-0.25, -0.2) is 4.79 Å². The molecule has 23 heavy (non-hydrogen) atoms. The normalized spacial score (nSPS) is 11.4. The smallest absolute Gasteiger partial charge is 0.375 e. The first-order valence-electron chi connectivity index (χ1n) is 6.95. The fourth-order valence-corrected chi connectivity index (χ4v) is 1.86. The highest BCUT2D eigenvalue weighted by Gasteiger charge is 2.44. The molecule has 2 rings (SSSR count). The van der Waals surface area contributed by atoms with Crippen molar-refractivity contribution < 1.29 is 24.5 Å². The quantitative estimate of drug-likeness (QED) is 0.368. The van der Waals surface area contributed by atoms with Gasteiger partial charge in [-0.05, 0) is 11.6 Å². The molecule has 0 aliphatic rings. The Morgan fingerprint density at radius 3 is 2.13 bits per heavy atom. The highest BCUT2D eigenvalue weighted by Crippen LogP contribution is 2.13. The van der Waals surface area contributed by atoms with Gasteiger partial charge in [-0.15, -0.1) is 0 Å². The van der Waals surface area contributed by atoms with Crippen molar-refractivity contribution >= 4 is 17.8 Å². The van der Waals surface area contributed by atoms with Crippen LogP contribution in [0.1, 0.15) is 15.9 Å². The summed E-state index contributed by atoms with van der Waals surface area (Å²) in [6.45, 7) is -0.182. The van der Waals surface area contributed by atoms with Crippen molar-refractivity contribution in [2.45, 2.75) is 5.79 Å². The van der Waals surface area contributed by atoms with Crippen LogP contribution in [0.15, 0.2) is 66.7 Å². The van der Waals surface area contributed by atoms with Gasteiger partial charge in [-0.2, -0.15) is 0 Å². The van der Waals surface area contributed by atoms with Crippen molar-refractivity contribution in [3.63, 3.8) is 0 Å². The summed E-state index contributed by atoms with van der Waals surface area (Å²) in [7, 11) is 0. The highest BCUT2D eigenvalue weighted by atomic mass is 16.6. The van der Waals surface area contributed by atoms with Gasteiger partial charge >= 0.3 is 11.8 Å². The molecule has 2 aromatic rings. The Kier molecular flexibility index (Phi) is 5.41. The minimum absolute atomic E-state index is 0.00859. The first-order chi connectivity index (χ1) is 11.0. The molecule has 0 aliphatic carbocycles. The zero-order chi connectivity index (χ0) is 16.7. The summed E-state index contributed by atoms with van der Waals surface area (Å²) >= 11 is 0. The van der Waals surface area contributed by atoms with E-state index in [0.717, 1.165) is 5.56 Å². The van der Waals surface area contributed by atoms with Crippen LogP contribution >= 0.6 is 0 Å². The van der Waals surface area contributed by atoms with E-state index in [-0.39, 0.29) is 12.2 Å². The lowest BCUT2D eigenvalue weighted by molar-refractivity contribution is -0.191. The van der Waals surface area contributed by atoms with Crippen LogP contribution in [-0.2, 0) is 9.53 Å². The third-order valence-electron chi connectivity index (χ3n) is 3.06. The molecule has 0 atom stereocenters. The Morgan fingerprint density at radius 2 is 1.52 bits per heavy atom. The van der Waals surface area contributed by atoms with Crippen LogP contribution in [0.2, 0.25) is 0 Å². The largest absolute Gasteiger partial charge is 0.457 e. The molecule has 0 heterocycles. The summed E-state index contributed by atoms with van der Waals surface area (Å²) in [5, 5.41) is 19.5. The molecule has 0 saturated heterocycles. The fraction of sp³-hybridized carbons (Fsp3) is 0.111. The van der Waals surface area contributed by atoms with E-state index in [1.54, 1.807) is 24.3 Å². The molecule has 5 heteroatoms.